The van der Waals surface area contributed by atoms with Gasteiger partial charge in [-0.15, -0.1) is 0 Å². The van der Waals surface area contributed by atoms with Gasteiger partial charge >= 0.3 is 0 Å². The second-order valence-corrected chi connectivity index (χ2v) is 5.55. The summed E-state index contributed by atoms with van der Waals surface area (Å²) in [7, 11) is -0.115. The Morgan fingerprint density at radius 3 is 3.00 bits per heavy atom. The van der Waals surface area contributed by atoms with Crippen LogP contribution in [0.3, 0.4) is 0 Å². The van der Waals surface area contributed by atoms with Crippen molar-refractivity contribution in [2.45, 2.75) is 24.3 Å². The van der Waals surface area contributed by atoms with Crippen molar-refractivity contribution < 1.29 is 4.18 Å². The van der Waals surface area contributed by atoms with Gasteiger partial charge in [-0.1, -0.05) is 30.4 Å². The fourth-order valence-corrected chi connectivity index (χ4v) is 3.94. The molecule has 0 saturated carbocycles. The third-order valence-corrected chi connectivity index (χ3v) is 4.53. The van der Waals surface area contributed by atoms with Crippen LogP contribution in [0.15, 0.2) is 29.2 Å². The van der Waals surface area contributed by atoms with Crippen LogP contribution in [0, 0.1) is 0 Å². The molecule has 0 amide bonds. The van der Waals surface area contributed by atoms with Crippen molar-refractivity contribution in [3.05, 3.63) is 35.4 Å². The van der Waals surface area contributed by atoms with Crippen LogP contribution in [0.5, 0.6) is 0 Å². The third kappa shape index (κ3) is 0.983. The van der Waals surface area contributed by atoms with Crippen molar-refractivity contribution in [1.29, 1.82) is 0 Å². The van der Waals surface area contributed by atoms with Crippen molar-refractivity contribution in [3.63, 3.8) is 0 Å². The molecule has 0 spiro atoms. The topological polar surface area (TPSA) is 9.23 Å². The standard InChI is InChI=1S/C12H12OS/c1-12(2)10-7-3-5-9-6-4-8-14(13-12)11(9)10/h3-8H,1-2H3. The Morgan fingerprint density at radius 1 is 1.29 bits per heavy atom. The molecule has 2 aliphatic rings. The molecule has 0 aliphatic carbocycles. The Kier molecular flexibility index (Phi) is 1.56. The summed E-state index contributed by atoms with van der Waals surface area (Å²) in [5.41, 5.74) is 2.54. The number of hydrogen-bond acceptors (Lipinski definition) is 1. The molecule has 0 saturated heterocycles. The highest BCUT2D eigenvalue weighted by molar-refractivity contribution is 8.11. The molecule has 1 unspecified atom stereocenters. The SMILES string of the molecule is CC1(C)OS2=CC=Cc3cccc1c32. The fourth-order valence-electron chi connectivity index (χ4n) is 2.01. The Morgan fingerprint density at radius 2 is 2.14 bits per heavy atom. The van der Waals surface area contributed by atoms with Crippen LogP contribution >= 0.6 is 10.8 Å². The van der Waals surface area contributed by atoms with Crippen molar-refractivity contribution in [2.24, 2.45) is 0 Å². The van der Waals surface area contributed by atoms with Crippen molar-refractivity contribution >= 4 is 22.2 Å². The van der Waals surface area contributed by atoms with Gasteiger partial charge in [0.15, 0.2) is 0 Å². The molecule has 0 fully saturated rings. The zero-order valence-corrected chi connectivity index (χ0v) is 9.10. The highest BCUT2D eigenvalue weighted by Crippen LogP contribution is 2.51. The van der Waals surface area contributed by atoms with Gasteiger partial charge in [0.1, 0.15) is 5.60 Å². The first-order valence-corrected chi connectivity index (χ1v) is 5.97. The van der Waals surface area contributed by atoms with Gasteiger partial charge in [-0.25, -0.2) is 0 Å². The third-order valence-electron chi connectivity index (χ3n) is 2.67. The lowest BCUT2D eigenvalue weighted by molar-refractivity contribution is 0.151. The molecular formula is C12H12OS. The summed E-state index contributed by atoms with van der Waals surface area (Å²) >= 11 is 0. The van der Waals surface area contributed by atoms with Gasteiger partial charge in [0.05, 0.1) is 0 Å². The van der Waals surface area contributed by atoms with Gasteiger partial charge in [-0.3, -0.25) is 0 Å². The average molecular weight is 204 g/mol. The summed E-state index contributed by atoms with van der Waals surface area (Å²) < 4.78 is 6.02. The van der Waals surface area contributed by atoms with E-state index < -0.39 is 0 Å². The van der Waals surface area contributed by atoms with E-state index in [9.17, 15) is 0 Å². The number of hydrogen-bond donors (Lipinski definition) is 0. The minimum atomic E-state index is -0.128. The zero-order chi connectivity index (χ0) is 9.76. The summed E-state index contributed by atoms with van der Waals surface area (Å²) in [5.74, 6) is 0. The van der Waals surface area contributed by atoms with E-state index in [1.807, 2.05) is 0 Å². The van der Waals surface area contributed by atoms with Crippen molar-refractivity contribution in [2.75, 3.05) is 0 Å². The minimum absolute atomic E-state index is 0.115. The minimum Gasteiger partial charge on any atom is -0.307 e. The van der Waals surface area contributed by atoms with Crippen LogP contribution in [-0.2, 0) is 9.78 Å². The van der Waals surface area contributed by atoms with Crippen LogP contribution in [0.1, 0.15) is 25.0 Å². The Balaban J connectivity index is 2.38. The molecule has 72 valence electrons. The first-order chi connectivity index (χ1) is 6.68. The largest absolute Gasteiger partial charge is 0.307 e. The number of benzene rings is 1. The molecule has 0 radical (unpaired) electrons. The maximum atomic E-state index is 6.02. The second kappa shape index (κ2) is 2.59. The highest BCUT2D eigenvalue weighted by atomic mass is 32.2. The first kappa shape index (κ1) is 8.45. The lowest BCUT2D eigenvalue weighted by atomic mass is 9.96. The maximum Gasteiger partial charge on any atom is 0.103 e. The Labute approximate surface area is 86.5 Å². The van der Waals surface area contributed by atoms with Gasteiger partial charge < -0.3 is 4.18 Å². The molecule has 1 atom stereocenters. The van der Waals surface area contributed by atoms with E-state index >= 15 is 0 Å². The molecular weight excluding hydrogens is 192 g/mol. The smallest absolute Gasteiger partial charge is 0.103 e. The van der Waals surface area contributed by atoms with Gasteiger partial charge in [-0.2, -0.15) is 0 Å². The van der Waals surface area contributed by atoms with E-state index in [-0.39, 0.29) is 16.4 Å². The van der Waals surface area contributed by atoms with Crippen molar-refractivity contribution in [1.82, 2.24) is 0 Å². The summed E-state index contributed by atoms with van der Waals surface area (Å²) in [6, 6.07) is 6.45. The normalized spacial score (nSPS) is 25.7. The summed E-state index contributed by atoms with van der Waals surface area (Å²) in [4.78, 5) is 1.39. The Hall–Kier alpha value is -0.860. The van der Waals surface area contributed by atoms with E-state index in [1.54, 1.807) is 0 Å². The predicted octanol–water partition coefficient (Wildman–Crippen LogP) is 3.32. The van der Waals surface area contributed by atoms with Gasteiger partial charge in [0.2, 0.25) is 0 Å². The molecule has 14 heavy (non-hydrogen) atoms. The molecule has 3 rings (SSSR count). The van der Waals surface area contributed by atoms with Crippen LogP contribution in [-0.4, -0.2) is 5.37 Å². The van der Waals surface area contributed by atoms with Gasteiger partial charge in [-0.05, 0) is 35.5 Å². The molecule has 0 N–H and O–H groups in total. The van der Waals surface area contributed by atoms with E-state index in [4.69, 9.17) is 4.18 Å². The average Bonchev–Trinajstić information content (AvgIpc) is 2.41. The summed E-state index contributed by atoms with van der Waals surface area (Å²) in [6.45, 7) is 4.28. The molecule has 2 heterocycles. The molecule has 2 aliphatic heterocycles. The molecule has 1 aromatic carbocycles. The lowest BCUT2D eigenvalue weighted by Gasteiger charge is -2.16. The molecule has 1 aromatic rings. The lowest BCUT2D eigenvalue weighted by Crippen LogP contribution is -2.13. The van der Waals surface area contributed by atoms with Gasteiger partial charge in [0.25, 0.3) is 0 Å². The fraction of sp³-hybridized carbons (Fsp3) is 0.250. The monoisotopic (exact) mass is 204 g/mol. The van der Waals surface area contributed by atoms with Crippen LogP contribution in [0.4, 0.5) is 0 Å². The number of allylic oxidation sites excluding steroid dienone is 1. The molecule has 0 aromatic heterocycles. The van der Waals surface area contributed by atoms with Crippen LogP contribution in [0.2, 0.25) is 0 Å². The van der Waals surface area contributed by atoms with E-state index in [2.05, 4.69) is 49.6 Å². The van der Waals surface area contributed by atoms with Crippen LogP contribution < -0.4 is 0 Å². The van der Waals surface area contributed by atoms with Crippen molar-refractivity contribution in [3.8, 4) is 0 Å². The second-order valence-electron chi connectivity index (χ2n) is 4.11. The first-order valence-electron chi connectivity index (χ1n) is 4.76. The van der Waals surface area contributed by atoms with Gasteiger partial charge in [0, 0.05) is 10.5 Å². The molecule has 1 nitrogen and oxygen atoms in total. The van der Waals surface area contributed by atoms with E-state index in [0.717, 1.165) is 0 Å². The van der Waals surface area contributed by atoms with E-state index in [1.165, 1.54) is 16.0 Å². The predicted molar refractivity (Wildman–Crippen MR) is 61.5 cm³/mol. The van der Waals surface area contributed by atoms with Crippen LogP contribution in [0.25, 0.3) is 6.08 Å². The summed E-state index contributed by atoms with van der Waals surface area (Å²) in [5, 5.41) is 2.15. The number of rotatable bonds is 0. The quantitative estimate of drug-likeness (QED) is 0.589. The Bertz CT molecular complexity index is 469. The zero-order valence-electron chi connectivity index (χ0n) is 8.28. The highest BCUT2D eigenvalue weighted by Gasteiger charge is 2.35. The summed E-state index contributed by atoms with van der Waals surface area (Å²) in [6.07, 6.45) is 4.25. The molecule has 0 bridgehead atoms. The van der Waals surface area contributed by atoms with E-state index in [0.29, 0.717) is 0 Å². The maximum absolute atomic E-state index is 6.02. The molecule has 2 heteroatoms.